The molecule has 6 nitrogen and oxygen atoms in total. The Morgan fingerprint density at radius 1 is 1.39 bits per heavy atom. The third-order valence-corrected chi connectivity index (χ3v) is 2.89. The van der Waals surface area contributed by atoms with Crippen molar-refractivity contribution < 1.29 is 4.74 Å². The second-order valence-corrected chi connectivity index (χ2v) is 3.97. The van der Waals surface area contributed by atoms with E-state index in [2.05, 4.69) is 10.1 Å². The minimum atomic E-state index is -0.0746. The summed E-state index contributed by atoms with van der Waals surface area (Å²) in [6, 6.07) is 3.67. The van der Waals surface area contributed by atoms with Crippen LogP contribution in [-0.2, 0) is 11.3 Å². The van der Waals surface area contributed by atoms with Crippen LogP contribution < -0.4 is 5.56 Å². The smallest absolute Gasteiger partial charge is 0.261 e. The number of hydrogen-bond donors (Lipinski definition) is 0. The number of ether oxygens (including phenoxy) is 1. The molecule has 0 fully saturated rings. The van der Waals surface area contributed by atoms with Gasteiger partial charge in [-0.2, -0.15) is 5.10 Å². The summed E-state index contributed by atoms with van der Waals surface area (Å²) >= 11 is 0. The molecule has 0 amide bonds. The second-order valence-electron chi connectivity index (χ2n) is 3.97. The molecule has 0 atom stereocenters. The Morgan fingerprint density at radius 2 is 2.28 bits per heavy atom. The van der Waals surface area contributed by atoms with Gasteiger partial charge in [-0.3, -0.25) is 4.79 Å². The van der Waals surface area contributed by atoms with Crippen molar-refractivity contribution >= 4 is 16.6 Å². The first-order valence-corrected chi connectivity index (χ1v) is 5.62. The minimum absolute atomic E-state index is 0.0746. The zero-order valence-electron chi connectivity index (χ0n) is 9.91. The molecule has 0 aliphatic rings. The maximum atomic E-state index is 12.2. The van der Waals surface area contributed by atoms with Crippen LogP contribution in [0.5, 0.6) is 0 Å². The number of aromatic nitrogens is 4. The average molecular weight is 244 g/mol. The van der Waals surface area contributed by atoms with Crippen LogP contribution in [0.2, 0.25) is 0 Å². The molecular weight excluding hydrogens is 232 g/mol. The van der Waals surface area contributed by atoms with Crippen LogP contribution in [0.3, 0.4) is 0 Å². The molecule has 0 aliphatic heterocycles. The van der Waals surface area contributed by atoms with E-state index in [1.54, 1.807) is 40.8 Å². The number of rotatable bonds is 3. The lowest BCUT2D eigenvalue weighted by Gasteiger charge is -2.06. The average Bonchev–Trinajstić information content (AvgIpc) is 2.86. The highest BCUT2D eigenvalue weighted by molar-refractivity contribution is 5.78. The van der Waals surface area contributed by atoms with Gasteiger partial charge in [0, 0.05) is 32.1 Å². The molecule has 3 aromatic rings. The van der Waals surface area contributed by atoms with Crippen LogP contribution in [0.15, 0.2) is 35.5 Å². The molecule has 0 saturated heterocycles. The van der Waals surface area contributed by atoms with E-state index in [0.717, 1.165) is 11.2 Å². The fourth-order valence-corrected chi connectivity index (χ4v) is 1.96. The predicted molar refractivity (Wildman–Crippen MR) is 66.6 cm³/mol. The van der Waals surface area contributed by atoms with Crippen LogP contribution in [0, 0.1) is 0 Å². The van der Waals surface area contributed by atoms with Gasteiger partial charge in [0.25, 0.3) is 5.56 Å². The van der Waals surface area contributed by atoms with Gasteiger partial charge >= 0.3 is 0 Å². The fraction of sp³-hybridized carbons (Fsp3) is 0.250. The highest BCUT2D eigenvalue weighted by Crippen LogP contribution is 2.10. The standard InChI is InChI=1S/C12H12N4O2/c1-18-7-6-15-5-3-10-9(12(15)17)8-13-11-2-4-14-16(10)11/h2-5,8H,6-7H2,1H3. The molecule has 0 saturated carbocycles. The van der Waals surface area contributed by atoms with Crippen molar-refractivity contribution in [3.63, 3.8) is 0 Å². The third-order valence-electron chi connectivity index (χ3n) is 2.89. The number of pyridine rings is 1. The molecule has 0 N–H and O–H groups in total. The normalized spacial score (nSPS) is 11.4. The molecule has 3 aromatic heterocycles. The Hall–Kier alpha value is -2.21. The van der Waals surface area contributed by atoms with Gasteiger partial charge in [-0.25, -0.2) is 9.50 Å². The quantitative estimate of drug-likeness (QED) is 0.680. The van der Waals surface area contributed by atoms with E-state index in [9.17, 15) is 4.79 Å². The van der Waals surface area contributed by atoms with Crippen molar-refractivity contribution in [3.8, 4) is 0 Å². The highest BCUT2D eigenvalue weighted by Gasteiger charge is 2.07. The molecule has 6 heteroatoms. The van der Waals surface area contributed by atoms with E-state index in [1.165, 1.54) is 0 Å². The van der Waals surface area contributed by atoms with E-state index in [0.29, 0.717) is 18.5 Å². The van der Waals surface area contributed by atoms with Gasteiger partial charge < -0.3 is 9.30 Å². The highest BCUT2D eigenvalue weighted by atomic mass is 16.5. The number of methoxy groups -OCH3 is 1. The SMILES string of the molecule is COCCn1ccc2c(cnc3ccnn32)c1=O. The molecular formula is C12H12N4O2. The fourth-order valence-electron chi connectivity index (χ4n) is 1.96. The Kier molecular flexibility index (Phi) is 2.56. The number of hydrogen-bond acceptors (Lipinski definition) is 4. The zero-order valence-corrected chi connectivity index (χ0v) is 9.91. The van der Waals surface area contributed by atoms with Crippen molar-refractivity contribution in [3.05, 3.63) is 41.1 Å². The molecule has 0 aromatic carbocycles. The Morgan fingerprint density at radius 3 is 3.11 bits per heavy atom. The van der Waals surface area contributed by atoms with E-state index in [-0.39, 0.29) is 5.56 Å². The Balaban J connectivity index is 2.25. The van der Waals surface area contributed by atoms with E-state index < -0.39 is 0 Å². The van der Waals surface area contributed by atoms with Crippen LogP contribution in [0.25, 0.3) is 16.6 Å². The van der Waals surface area contributed by atoms with Gasteiger partial charge in [0.05, 0.1) is 23.7 Å². The molecule has 0 spiro atoms. The van der Waals surface area contributed by atoms with Crippen molar-refractivity contribution in [1.82, 2.24) is 19.2 Å². The lowest BCUT2D eigenvalue weighted by Crippen LogP contribution is -2.22. The number of fused-ring (bicyclic) bond motifs is 3. The van der Waals surface area contributed by atoms with Crippen LogP contribution in [-0.4, -0.2) is 32.9 Å². The van der Waals surface area contributed by atoms with Crippen molar-refractivity contribution in [2.45, 2.75) is 6.54 Å². The molecule has 0 aliphatic carbocycles. The van der Waals surface area contributed by atoms with Gasteiger partial charge in [-0.15, -0.1) is 0 Å². The summed E-state index contributed by atoms with van der Waals surface area (Å²) in [6.07, 6.45) is 5.01. The molecule has 0 bridgehead atoms. The van der Waals surface area contributed by atoms with Crippen LogP contribution in [0.1, 0.15) is 0 Å². The molecule has 0 unspecified atom stereocenters. The molecule has 3 heterocycles. The van der Waals surface area contributed by atoms with Crippen LogP contribution in [0.4, 0.5) is 0 Å². The van der Waals surface area contributed by atoms with Crippen molar-refractivity contribution in [1.29, 1.82) is 0 Å². The van der Waals surface area contributed by atoms with Gasteiger partial charge in [-0.1, -0.05) is 0 Å². The first-order valence-electron chi connectivity index (χ1n) is 5.62. The van der Waals surface area contributed by atoms with Gasteiger partial charge in [-0.05, 0) is 6.07 Å². The lowest BCUT2D eigenvalue weighted by atomic mass is 10.3. The maximum absolute atomic E-state index is 12.2. The molecule has 0 radical (unpaired) electrons. The van der Waals surface area contributed by atoms with Gasteiger partial charge in [0.1, 0.15) is 0 Å². The van der Waals surface area contributed by atoms with E-state index in [4.69, 9.17) is 4.74 Å². The summed E-state index contributed by atoms with van der Waals surface area (Å²) < 4.78 is 8.26. The molecule has 3 rings (SSSR count). The monoisotopic (exact) mass is 244 g/mol. The second kappa shape index (κ2) is 4.23. The summed E-state index contributed by atoms with van der Waals surface area (Å²) in [5.41, 5.74) is 1.43. The topological polar surface area (TPSA) is 61.4 Å². The zero-order chi connectivity index (χ0) is 12.5. The van der Waals surface area contributed by atoms with Crippen molar-refractivity contribution in [2.24, 2.45) is 0 Å². The van der Waals surface area contributed by atoms with Gasteiger partial charge in [0.2, 0.25) is 0 Å². The Bertz CT molecular complexity index is 759. The summed E-state index contributed by atoms with van der Waals surface area (Å²) in [6.45, 7) is 1.03. The maximum Gasteiger partial charge on any atom is 0.261 e. The van der Waals surface area contributed by atoms with Gasteiger partial charge in [0.15, 0.2) is 5.65 Å². The molecule has 18 heavy (non-hydrogen) atoms. The first kappa shape index (κ1) is 10.9. The summed E-state index contributed by atoms with van der Waals surface area (Å²) in [5, 5.41) is 4.72. The largest absolute Gasteiger partial charge is 0.383 e. The van der Waals surface area contributed by atoms with Crippen LogP contribution >= 0.6 is 0 Å². The third kappa shape index (κ3) is 1.58. The van der Waals surface area contributed by atoms with E-state index in [1.807, 2.05) is 6.07 Å². The summed E-state index contributed by atoms with van der Waals surface area (Å²) in [7, 11) is 1.61. The summed E-state index contributed by atoms with van der Waals surface area (Å²) in [4.78, 5) is 16.4. The lowest BCUT2D eigenvalue weighted by molar-refractivity contribution is 0.186. The Labute approximate surface area is 102 Å². The molecule has 92 valence electrons. The predicted octanol–water partition coefficient (Wildman–Crippen LogP) is 0.691. The van der Waals surface area contributed by atoms with E-state index >= 15 is 0 Å². The minimum Gasteiger partial charge on any atom is -0.383 e. The van der Waals surface area contributed by atoms with Crippen molar-refractivity contribution in [2.75, 3.05) is 13.7 Å². The summed E-state index contributed by atoms with van der Waals surface area (Å²) in [5.74, 6) is 0. The first-order chi connectivity index (χ1) is 8.81. The number of nitrogens with zero attached hydrogens (tertiary/aromatic N) is 4.